The first-order valence-corrected chi connectivity index (χ1v) is 4.79. The zero-order chi connectivity index (χ0) is 11.0. The molecule has 5 heteroatoms. The summed E-state index contributed by atoms with van der Waals surface area (Å²) < 4.78 is 0. The van der Waals surface area contributed by atoms with Gasteiger partial charge in [-0.1, -0.05) is 0 Å². The molecule has 0 bridgehead atoms. The maximum atomic E-state index is 10.9. The molecule has 0 saturated heterocycles. The van der Waals surface area contributed by atoms with E-state index in [0.29, 0.717) is 6.42 Å². The molecule has 4 N–H and O–H groups in total. The summed E-state index contributed by atoms with van der Waals surface area (Å²) in [4.78, 5) is 21.6. The van der Waals surface area contributed by atoms with E-state index in [1.54, 1.807) is 0 Å². The Labute approximate surface area is 84.4 Å². The molecule has 0 saturated carbocycles. The molecule has 0 aromatic heterocycles. The van der Waals surface area contributed by atoms with E-state index in [1.165, 1.54) is 6.92 Å². The van der Waals surface area contributed by atoms with Gasteiger partial charge in [0.05, 0.1) is 0 Å². The Hall–Kier alpha value is -1.10. The number of rotatable bonds is 7. The Kier molecular flexibility index (Phi) is 6.74. The molecule has 5 nitrogen and oxygen atoms in total. The van der Waals surface area contributed by atoms with Gasteiger partial charge in [0.1, 0.15) is 6.04 Å². The molecule has 0 aliphatic heterocycles. The molecule has 1 atom stereocenters. The maximum Gasteiger partial charge on any atom is 0.239 e. The number of primary amides is 1. The lowest BCUT2D eigenvalue weighted by Crippen LogP contribution is -2.43. The number of nitrogens with two attached hydrogens (primary N) is 1. The van der Waals surface area contributed by atoms with Gasteiger partial charge in [-0.05, 0) is 32.9 Å². The predicted octanol–water partition coefficient (Wildman–Crippen LogP) is -0.634. The zero-order valence-corrected chi connectivity index (χ0v) is 8.80. The second-order valence-electron chi connectivity index (χ2n) is 3.25. The molecule has 14 heavy (non-hydrogen) atoms. The van der Waals surface area contributed by atoms with E-state index in [9.17, 15) is 9.59 Å². The first kappa shape index (κ1) is 12.9. The van der Waals surface area contributed by atoms with Crippen molar-refractivity contribution in [2.75, 3.05) is 13.6 Å². The van der Waals surface area contributed by atoms with E-state index >= 15 is 0 Å². The monoisotopic (exact) mass is 201 g/mol. The Bertz CT molecular complexity index is 194. The molecule has 0 heterocycles. The lowest BCUT2D eigenvalue weighted by atomic mass is 10.1. The van der Waals surface area contributed by atoms with Crippen LogP contribution >= 0.6 is 0 Å². The van der Waals surface area contributed by atoms with E-state index in [2.05, 4.69) is 10.6 Å². The molecule has 0 fully saturated rings. The van der Waals surface area contributed by atoms with E-state index in [0.717, 1.165) is 19.4 Å². The number of unbranched alkanes of at least 4 members (excludes halogenated alkanes) is 1. The van der Waals surface area contributed by atoms with E-state index in [4.69, 9.17) is 5.73 Å². The van der Waals surface area contributed by atoms with Crippen LogP contribution in [0.15, 0.2) is 0 Å². The summed E-state index contributed by atoms with van der Waals surface area (Å²) in [6.07, 6.45) is 2.45. The largest absolute Gasteiger partial charge is 0.368 e. The number of hydrogen-bond donors (Lipinski definition) is 3. The minimum absolute atomic E-state index is 0.220. The summed E-state index contributed by atoms with van der Waals surface area (Å²) >= 11 is 0. The fraction of sp³-hybridized carbons (Fsp3) is 0.778. The molecular weight excluding hydrogens is 182 g/mol. The third-order valence-corrected chi connectivity index (χ3v) is 1.89. The molecule has 0 aromatic carbocycles. The number of hydrogen-bond acceptors (Lipinski definition) is 3. The van der Waals surface area contributed by atoms with Gasteiger partial charge < -0.3 is 16.4 Å². The van der Waals surface area contributed by atoms with E-state index in [1.807, 2.05) is 7.05 Å². The molecule has 0 rings (SSSR count). The third-order valence-electron chi connectivity index (χ3n) is 1.89. The van der Waals surface area contributed by atoms with Crippen LogP contribution in [0.25, 0.3) is 0 Å². The van der Waals surface area contributed by atoms with E-state index in [-0.39, 0.29) is 5.91 Å². The molecule has 0 aliphatic rings. The minimum atomic E-state index is -0.524. The second kappa shape index (κ2) is 7.32. The van der Waals surface area contributed by atoms with E-state index < -0.39 is 11.9 Å². The average Bonchev–Trinajstić information content (AvgIpc) is 2.09. The van der Waals surface area contributed by atoms with Crippen molar-refractivity contribution in [3.63, 3.8) is 0 Å². The summed E-state index contributed by atoms with van der Waals surface area (Å²) in [6.45, 7) is 2.29. The average molecular weight is 201 g/mol. The van der Waals surface area contributed by atoms with Crippen LogP contribution in [0.3, 0.4) is 0 Å². The second-order valence-corrected chi connectivity index (χ2v) is 3.25. The number of carbonyl (C=O) groups excluding carboxylic acids is 2. The van der Waals surface area contributed by atoms with Crippen molar-refractivity contribution in [3.8, 4) is 0 Å². The fourth-order valence-corrected chi connectivity index (χ4v) is 1.18. The van der Waals surface area contributed by atoms with Gasteiger partial charge in [0.15, 0.2) is 0 Å². The molecule has 0 radical (unpaired) electrons. The summed E-state index contributed by atoms with van der Waals surface area (Å²) in [5.74, 6) is -0.688. The van der Waals surface area contributed by atoms with Crippen molar-refractivity contribution in [2.24, 2.45) is 5.73 Å². The van der Waals surface area contributed by atoms with Crippen LogP contribution < -0.4 is 16.4 Å². The molecule has 0 aliphatic carbocycles. The van der Waals surface area contributed by atoms with Crippen molar-refractivity contribution < 1.29 is 9.59 Å². The normalized spacial score (nSPS) is 12.1. The third kappa shape index (κ3) is 6.42. The van der Waals surface area contributed by atoms with Crippen LogP contribution in [-0.2, 0) is 9.59 Å². The van der Waals surface area contributed by atoms with Gasteiger partial charge in [-0.15, -0.1) is 0 Å². The highest BCUT2D eigenvalue weighted by molar-refractivity contribution is 5.85. The van der Waals surface area contributed by atoms with Gasteiger partial charge in [0.2, 0.25) is 11.8 Å². The molecule has 0 aromatic rings. The van der Waals surface area contributed by atoms with Gasteiger partial charge in [0.25, 0.3) is 0 Å². The smallest absolute Gasteiger partial charge is 0.239 e. The first-order chi connectivity index (χ1) is 6.57. The molecule has 1 unspecified atom stereocenters. The van der Waals surface area contributed by atoms with Crippen molar-refractivity contribution in [1.82, 2.24) is 10.6 Å². The van der Waals surface area contributed by atoms with Crippen LogP contribution in [-0.4, -0.2) is 31.4 Å². The van der Waals surface area contributed by atoms with Crippen LogP contribution in [0.2, 0.25) is 0 Å². The SMILES string of the molecule is CNCCCCC(NC(C)=O)C(N)=O. The van der Waals surface area contributed by atoms with Crippen LogP contribution in [0, 0.1) is 0 Å². The van der Waals surface area contributed by atoms with Gasteiger partial charge in [-0.25, -0.2) is 0 Å². The van der Waals surface area contributed by atoms with Gasteiger partial charge in [-0.3, -0.25) is 9.59 Å². The Morgan fingerprint density at radius 3 is 2.43 bits per heavy atom. The van der Waals surface area contributed by atoms with Crippen LogP contribution in [0.4, 0.5) is 0 Å². The summed E-state index contributed by atoms with van der Waals surface area (Å²) in [6, 6.07) is -0.524. The predicted molar refractivity (Wildman–Crippen MR) is 54.6 cm³/mol. The topological polar surface area (TPSA) is 84.2 Å². The molecule has 0 spiro atoms. The fourth-order valence-electron chi connectivity index (χ4n) is 1.18. The molecule has 2 amide bonds. The van der Waals surface area contributed by atoms with Crippen molar-refractivity contribution >= 4 is 11.8 Å². The summed E-state index contributed by atoms with van der Waals surface area (Å²) in [7, 11) is 1.87. The quantitative estimate of drug-likeness (QED) is 0.479. The van der Waals surface area contributed by atoms with Crippen molar-refractivity contribution in [2.45, 2.75) is 32.2 Å². The Morgan fingerprint density at radius 2 is 2.00 bits per heavy atom. The van der Waals surface area contributed by atoms with Crippen molar-refractivity contribution in [1.29, 1.82) is 0 Å². The number of amides is 2. The highest BCUT2D eigenvalue weighted by Crippen LogP contribution is 1.99. The van der Waals surface area contributed by atoms with Crippen LogP contribution in [0.1, 0.15) is 26.2 Å². The number of carbonyl (C=O) groups is 2. The first-order valence-electron chi connectivity index (χ1n) is 4.79. The minimum Gasteiger partial charge on any atom is -0.368 e. The van der Waals surface area contributed by atoms with Crippen LogP contribution in [0.5, 0.6) is 0 Å². The summed E-state index contributed by atoms with van der Waals surface area (Å²) in [5.41, 5.74) is 5.13. The lowest BCUT2D eigenvalue weighted by molar-refractivity contribution is -0.126. The summed E-state index contributed by atoms with van der Waals surface area (Å²) in [5, 5.41) is 5.53. The Morgan fingerprint density at radius 1 is 1.36 bits per heavy atom. The highest BCUT2D eigenvalue weighted by atomic mass is 16.2. The highest BCUT2D eigenvalue weighted by Gasteiger charge is 2.14. The maximum absolute atomic E-state index is 10.9. The number of nitrogens with one attached hydrogen (secondary N) is 2. The Balaban J connectivity index is 3.74. The lowest BCUT2D eigenvalue weighted by Gasteiger charge is -2.13. The van der Waals surface area contributed by atoms with Crippen molar-refractivity contribution in [3.05, 3.63) is 0 Å². The van der Waals surface area contributed by atoms with Gasteiger partial charge in [0, 0.05) is 6.92 Å². The van der Waals surface area contributed by atoms with Gasteiger partial charge in [-0.2, -0.15) is 0 Å². The molecular formula is C9H19N3O2. The standard InChI is InChI=1S/C9H19N3O2/c1-7(13)12-8(9(10)14)5-3-4-6-11-2/h8,11H,3-6H2,1-2H3,(H2,10,14)(H,12,13). The molecule has 82 valence electrons. The van der Waals surface area contributed by atoms with Gasteiger partial charge >= 0.3 is 0 Å². The zero-order valence-electron chi connectivity index (χ0n) is 8.80.